The van der Waals surface area contributed by atoms with E-state index >= 15 is 0 Å². The first-order valence-electron chi connectivity index (χ1n) is 7.79. The third kappa shape index (κ3) is 4.18. The number of β-amino-alcohol motifs (C(OH)–C–C–N with tert-alkyl or cyclic N) is 1. The predicted octanol–water partition coefficient (Wildman–Crippen LogP) is 0.388. The van der Waals surface area contributed by atoms with Gasteiger partial charge >= 0.3 is 0 Å². The Morgan fingerprint density at radius 3 is 2.29 bits per heavy atom. The first-order valence-corrected chi connectivity index (χ1v) is 9.40. The van der Waals surface area contributed by atoms with Crippen LogP contribution in [0.4, 0.5) is 0 Å². The van der Waals surface area contributed by atoms with Crippen molar-refractivity contribution in [3.63, 3.8) is 0 Å². The van der Waals surface area contributed by atoms with Crippen LogP contribution in [-0.2, 0) is 16.6 Å². The Morgan fingerprint density at radius 1 is 1.21 bits per heavy atom. The number of aliphatic hydroxyl groups excluding tert-OH is 1. The summed E-state index contributed by atoms with van der Waals surface area (Å²) < 4.78 is 36.1. The van der Waals surface area contributed by atoms with Crippen LogP contribution in [-0.4, -0.2) is 76.0 Å². The number of hydrogen-bond donors (Lipinski definition) is 1. The monoisotopic (exact) mass is 358 g/mol. The van der Waals surface area contributed by atoms with Gasteiger partial charge in [0.25, 0.3) is 0 Å². The van der Waals surface area contributed by atoms with E-state index in [-0.39, 0.29) is 11.7 Å². The highest BCUT2D eigenvalue weighted by Gasteiger charge is 2.35. The van der Waals surface area contributed by atoms with E-state index in [0.717, 1.165) is 5.56 Å². The molecule has 1 aromatic rings. The van der Waals surface area contributed by atoms with Gasteiger partial charge in [0.05, 0.1) is 31.6 Å². The summed E-state index contributed by atoms with van der Waals surface area (Å²) in [4.78, 5) is 2.03. The van der Waals surface area contributed by atoms with E-state index in [2.05, 4.69) is 0 Å². The van der Waals surface area contributed by atoms with E-state index < -0.39 is 16.1 Å². The largest absolute Gasteiger partial charge is 0.496 e. The molecule has 0 amide bonds. The van der Waals surface area contributed by atoms with Gasteiger partial charge in [-0.25, -0.2) is 12.7 Å². The average Bonchev–Trinajstić information content (AvgIpc) is 2.86. The lowest BCUT2D eigenvalue weighted by molar-refractivity contribution is 0.148. The van der Waals surface area contributed by atoms with Crippen molar-refractivity contribution in [2.45, 2.75) is 12.6 Å². The molecule has 1 fully saturated rings. The van der Waals surface area contributed by atoms with Crippen molar-refractivity contribution >= 4 is 10.0 Å². The van der Waals surface area contributed by atoms with Crippen molar-refractivity contribution in [2.75, 3.05) is 47.2 Å². The topological polar surface area (TPSA) is 79.3 Å². The van der Waals surface area contributed by atoms with Gasteiger partial charge in [-0.05, 0) is 12.1 Å². The highest BCUT2D eigenvalue weighted by Crippen LogP contribution is 2.31. The summed E-state index contributed by atoms with van der Waals surface area (Å²) in [6.07, 6.45) is -0.666. The molecule has 136 valence electrons. The average molecular weight is 358 g/mol. The van der Waals surface area contributed by atoms with Crippen molar-refractivity contribution in [1.29, 1.82) is 0 Å². The second-order valence-corrected chi connectivity index (χ2v) is 8.45. The van der Waals surface area contributed by atoms with Gasteiger partial charge in [0, 0.05) is 39.6 Å². The Balaban J connectivity index is 2.11. The number of aliphatic hydroxyl groups is 1. The quantitative estimate of drug-likeness (QED) is 0.760. The van der Waals surface area contributed by atoms with Gasteiger partial charge in [0.15, 0.2) is 0 Å². The molecule has 7 nitrogen and oxygen atoms in total. The number of hydrogen-bond acceptors (Lipinski definition) is 6. The minimum absolute atomic E-state index is 0.0548. The van der Waals surface area contributed by atoms with Gasteiger partial charge in [-0.2, -0.15) is 0 Å². The first-order chi connectivity index (χ1) is 11.3. The molecule has 2 rings (SSSR count). The molecule has 8 heteroatoms. The molecule has 1 aromatic carbocycles. The molecule has 1 aliphatic heterocycles. The molecule has 1 heterocycles. The number of methoxy groups -OCH3 is 2. The molecule has 2 atom stereocenters. The molecule has 0 radical (unpaired) electrons. The fraction of sp³-hybridized carbons (Fsp3) is 0.625. The van der Waals surface area contributed by atoms with Crippen LogP contribution in [0.3, 0.4) is 0 Å². The molecule has 1 saturated heterocycles. The van der Waals surface area contributed by atoms with Gasteiger partial charge in [0.1, 0.15) is 11.5 Å². The molecule has 0 spiro atoms. The fourth-order valence-corrected chi connectivity index (χ4v) is 4.13. The lowest BCUT2D eigenvalue weighted by Crippen LogP contribution is -2.33. The normalized spacial score (nSPS) is 22.1. The summed E-state index contributed by atoms with van der Waals surface area (Å²) in [5, 5.41) is 10.2. The van der Waals surface area contributed by atoms with Gasteiger partial charge in [-0.15, -0.1) is 0 Å². The zero-order chi connectivity index (χ0) is 17.9. The van der Waals surface area contributed by atoms with Crippen LogP contribution in [0, 0.1) is 5.92 Å². The van der Waals surface area contributed by atoms with Crippen molar-refractivity contribution in [2.24, 2.45) is 5.92 Å². The number of ether oxygens (including phenoxy) is 2. The zero-order valence-corrected chi connectivity index (χ0v) is 15.4. The minimum atomic E-state index is -3.34. The maximum absolute atomic E-state index is 12.1. The van der Waals surface area contributed by atoms with Gasteiger partial charge in [-0.3, -0.25) is 4.90 Å². The third-order valence-electron chi connectivity index (χ3n) is 4.37. The maximum Gasteiger partial charge on any atom is 0.214 e. The SMILES string of the molecule is COc1cccc(OC)c1CN1CC(O)C(CS(=O)(=O)N(C)C)C1. The molecule has 0 aromatic heterocycles. The van der Waals surface area contributed by atoms with Crippen LogP contribution >= 0.6 is 0 Å². The van der Waals surface area contributed by atoms with E-state index in [4.69, 9.17) is 9.47 Å². The van der Waals surface area contributed by atoms with Gasteiger partial charge in [0.2, 0.25) is 10.0 Å². The molecular formula is C16H26N2O5S. The van der Waals surface area contributed by atoms with Gasteiger partial charge in [-0.1, -0.05) is 6.07 Å². The van der Waals surface area contributed by atoms with Crippen LogP contribution in [0.25, 0.3) is 0 Å². The fourth-order valence-electron chi connectivity index (χ4n) is 2.96. The number of sulfonamides is 1. The lowest BCUT2D eigenvalue weighted by atomic mass is 10.1. The lowest BCUT2D eigenvalue weighted by Gasteiger charge is -2.20. The van der Waals surface area contributed by atoms with Crippen LogP contribution in [0.15, 0.2) is 18.2 Å². The van der Waals surface area contributed by atoms with Crippen molar-refractivity contribution in [3.8, 4) is 11.5 Å². The van der Waals surface area contributed by atoms with E-state index in [1.165, 1.54) is 18.4 Å². The molecule has 1 aliphatic rings. The molecule has 24 heavy (non-hydrogen) atoms. The number of benzene rings is 1. The number of rotatable bonds is 7. The Hall–Kier alpha value is -1.35. The predicted molar refractivity (Wildman–Crippen MR) is 91.8 cm³/mol. The van der Waals surface area contributed by atoms with Crippen LogP contribution in [0.5, 0.6) is 11.5 Å². The molecule has 1 N–H and O–H groups in total. The number of likely N-dealkylation sites (tertiary alicyclic amines) is 1. The van der Waals surface area contributed by atoms with Crippen molar-refractivity contribution < 1.29 is 23.0 Å². The summed E-state index contributed by atoms with van der Waals surface area (Å²) in [5.41, 5.74) is 0.894. The molecular weight excluding hydrogens is 332 g/mol. The third-order valence-corrected chi connectivity index (χ3v) is 6.34. The highest BCUT2D eigenvalue weighted by molar-refractivity contribution is 7.89. The zero-order valence-electron chi connectivity index (χ0n) is 14.6. The maximum atomic E-state index is 12.1. The Bertz CT molecular complexity index is 640. The molecule has 0 aliphatic carbocycles. The summed E-state index contributed by atoms with van der Waals surface area (Å²) in [6.45, 7) is 1.47. The van der Waals surface area contributed by atoms with Crippen molar-refractivity contribution in [1.82, 2.24) is 9.21 Å². The first kappa shape index (κ1) is 19.0. The standard InChI is InChI=1S/C16H26N2O5S/c1-17(2)24(20,21)11-12-8-18(10-14(12)19)9-13-15(22-3)6-5-7-16(13)23-4/h5-7,12,14,19H,8-11H2,1-4H3. The molecule has 0 bridgehead atoms. The second-order valence-electron chi connectivity index (χ2n) is 6.22. The second kappa shape index (κ2) is 7.69. The summed E-state index contributed by atoms with van der Waals surface area (Å²) >= 11 is 0. The van der Waals surface area contributed by atoms with E-state index in [1.54, 1.807) is 14.2 Å². The van der Waals surface area contributed by atoms with E-state index in [9.17, 15) is 13.5 Å². The van der Waals surface area contributed by atoms with E-state index in [0.29, 0.717) is 31.1 Å². The Morgan fingerprint density at radius 2 is 1.79 bits per heavy atom. The van der Waals surface area contributed by atoms with Crippen molar-refractivity contribution in [3.05, 3.63) is 23.8 Å². The summed E-state index contributed by atoms with van der Waals surface area (Å²) in [6, 6.07) is 5.57. The summed E-state index contributed by atoms with van der Waals surface area (Å²) in [7, 11) is 2.88. The Labute approximate surface area is 143 Å². The molecule has 2 unspecified atom stereocenters. The van der Waals surface area contributed by atoms with Crippen LogP contribution in [0.2, 0.25) is 0 Å². The minimum Gasteiger partial charge on any atom is -0.496 e. The number of nitrogens with zero attached hydrogens (tertiary/aromatic N) is 2. The van der Waals surface area contributed by atoms with Gasteiger partial charge < -0.3 is 14.6 Å². The van der Waals surface area contributed by atoms with Crippen LogP contribution < -0.4 is 9.47 Å². The summed E-state index contributed by atoms with van der Waals surface area (Å²) in [5.74, 6) is 1.07. The molecule has 0 saturated carbocycles. The highest BCUT2D eigenvalue weighted by atomic mass is 32.2. The smallest absolute Gasteiger partial charge is 0.214 e. The Kier molecular flexibility index (Phi) is 6.08. The van der Waals surface area contributed by atoms with Crippen LogP contribution in [0.1, 0.15) is 5.56 Å². The van der Waals surface area contributed by atoms with E-state index in [1.807, 2.05) is 23.1 Å².